The first-order chi connectivity index (χ1) is 8.89. The molecular weight excluding hydrogens is 263 g/mol. The van der Waals surface area contributed by atoms with Crippen molar-refractivity contribution in [1.82, 2.24) is 0 Å². The minimum atomic E-state index is -0.872. The van der Waals surface area contributed by atoms with Crippen molar-refractivity contribution in [1.29, 1.82) is 0 Å². The molecule has 0 radical (unpaired) electrons. The van der Waals surface area contributed by atoms with Crippen molar-refractivity contribution >= 4 is 11.8 Å². The molecule has 1 atom stereocenters. The summed E-state index contributed by atoms with van der Waals surface area (Å²) in [6, 6.07) is 5.10. The molecule has 0 aliphatic carbocycles. The maximum atomic E-state index is 14.2. The van der Waals surface area contributed by atoms with E-state index < -0.39 is 5.60 Å². The molecule has 106 valence electrons. The van der Waals surface area contributed by atoms with Crippen molar-refractivity contribution in [2.75, 3.05) is 18.6 Å². The third-order valence-corrected chi connectivity index (χ3v) is 5.39. The SMILES string of the molecule is COc1cccc(CC2(O)CSCCC2(C)C)c1F. The van der Waals surface area contributed by atoms with E-state index in [-0.39, 0.29) is 17.0 Å². The monoisotopic (exact) mass is 284 g/mol. The van der Waals surface area contributed by atoms with E-state index in [0.29, 0.717) is 17.7 Å². The zero-order valence-corrected chi connectivity index (χ0v) is 12.5. The average Bonchev–Trinajstić information content (AvgIpc) is 2.36. The van der Waals surface area contributed by atoms with E-state index >= 15 is 0 Å². The van der Waals surface area contributed by atoms with Crippen molar-refractivity contribution in [3.63, 3.8) is 0 Å². The number of hydrogen-bond donors (Lipinski definition) is 1. The number of rotatable bonds is 3. The van der Waals surface area contributed by atoms with Crippen molar-refractivity contribution in [3.8, 4) is 5.75 Å². The van der Waals surface area contributed by atoms with Gasteiger partial charge < -0.3 is 9.84 Å². The van der Waals surface area contributed by atoms with Crippen LogP contribution in [0, 0.1) is 11.2 Å². The van der Waals surface area contributed by atoms with Gasteiger partial charge in [-0.05, 0) is 29.2 Å². The summed E-state index contributed by atoms with van der Waals surface area (Å²) in [4.78, 5) is 0. The van der Waals surface area contributed by atoms with E-state index in [0.717, 1.165) is 12.2 Å². The zero-order chi connectivity index (χ0) is 14.1. The largest absolute Gasteiger partial charge is 0.494 e. The predicted octanol–water partition coefficient (Wildman–Crippen LogP) is 3.27. The lowest BCUT2D eigenvalue weighted by molar-refractivity contribution is -0.0518. The Morgan fingerprint density at radius 3 is 2.79 bits per heavy atom. The lowest BCUT2D eigenvalue weighted by Crippen LogP contribution is -2.51. The molecule has 1 unspecified atom stereocenters. The lowest BCUT2D eigenvalue weighted by Gasteiger charge is -2.46. The van der Waals surface area contributed by atoms with Crippen LogP contribution in [-0.4, -0.2) is 29.3 Å². The minimum Gasteiger partial charge on any atom is -0.494 e. The Labute approximate surface area is 118 Å². The summed E-state index contributed by atoms with van der Waals surface area (Å²) in [6.45, 7) is 4.12. The summed E-state index contributed by atoms with van der Waals surface area (Å²) in [7, 11) is 1.46. The molecule has 1 aromatic carbocycles. The second-order valence-electron chi connectivity index (χ2n) is 5.83. The van der Waals surface area contributed by atoms with Crippen molar-refractivity contribution in [2.24, 2.45) is 5.41 Å². The molecule has 0 aromatic heterocycles. The van der Waals surface area contributed by atoms with Crippen LogP contribution in [0.5, 0.6) is 5.75 Å². The van der Waals surface area contributed by atoms with Crippen LogP contribution in [0.25, 0.3) is 0 Å². The molecule has 19 heavy (non-hydrogen) atoms. The van der Waals surface area contributed by atoms with Gasteiger partial charge in [0.1, 0.15) is 0 Å². The van der Waals surface area contributed by atoms with Crippen LogP contribution >= 0.6 is 11.8 Å². The fraction of sp³-hybridized carbons (Fsp3) is 0.600. The highest BCUT2D eigenvalue weighted by molar-refractivity contribution is 7.99. The molecule has 0 amide bonds. The van der Waals surface area contributed by atoms with Gasteiger partial charge in [0.2, 0.25) is 0 Å². The molecular formula is C15H21FO2S. The van der Waals surface area contributed by atoms with Crippen molar-refractivity contribution in [3.05, 3.63) is 29.6 Å². The smallest absolute Gasteiger partial charge is 0.168 e. The van der Waals surface area contributed by atoms with E-state index in [1.807, 2.05) is 0 Å². The molecule has 1 fully saturated rings. The van der Waals surface area contributed by atoms with Gasteiger partial charge in [-0.15, -0.1) is 0 Å². The molecule has 1 aliphatic rings. The van der Waals surface area contributed by atoms with E-state index in [1.165, 1.54) is 7.11 Å². The highest BCUT2D eigenvalue weighted by Gasteiger charge is 2.45. The quantitative estimate of drug-likeness (QED) is 0.923. The summed E-state index contributed by atoms with van der Waals surface area (Å²) in [5, 5.41) is 10.9. The molecule has 2 rings (SSSR count). The molecule has 4 heteroatoms. The Kier molecular flexibility index (Phi) is 4.11. The third-order valence-electron chi connectivity index (χ3n) is 4.22. The van der Waals surface area contributed by atoms with Crippen molar-refractivity contribution < 1.29 is 14.2 Å². The van der Waals surface area contributed by atoms with Gasteiger partial charge in [0.25, 0.3) is 0 Å². The fourth-order valence-electron chi connectivity index (χ4n) is 2.45. The molecule has 1 aromatic rings. The van der Waals surface area contributed by atoms with E-state index in [4.69, 9.17) is 4.74 Å². The van der Waals surface area contributed by atoms with Gasteiger partial charge in [0.15, 0.2) is 11.6 Å². The van der Waals surface area contributed by atoms with Gasteiger partial charge in [-0.25, -0.2) is 4.39 Å². The molecule has 1 heterocycles. The molecule has 0 saturated carbocycles. The van der Waals surface area contributed by atoms with Crippen LogP contribution in [0.2, 0.25) is 0 Å². The van der Waals surface area contributed by atoms with Crippen LogP contribution in [-0.2, 0) is 6.42 Å². The Bertz CT molecular complexity index is 461. The average molecular weight is 284 g/mol. The second kappa shape index (κ2) is 5.33. The molecule has 0 bridgehead atoms. The molecule has 0 spiro atoms. The molecule has 1 N–H and O–H groups in total. The molecule has 2 nitrogen and oxygen atoms in total. The first-order valence-electron chi connectivity index (χ1n) is 6.51. The number of hydrogen-bond acceptors (Lipinski definition) is 3. The maximum Gasteiger partial charge on any atom is 0.168 e. The number of methoxy groups -OCH3 is 1. The number of ether oxygens (including phenoxy) is 1. The number of aliphatic hydroxyl groups is 1. The highest BCUT2D eigenvalue weighted by Crippen LogP contribution is 2.44. The summed E-state index contributed by atoms with van der Waals surface area (Å²) >= 11 is 1.74. The predicted molar refractivity (Wildman–Crippen MR) is 77.3 cm³/mol. The Morgan fingerprint density at radius 2 is 2.16 bits per heavy atom. The van der Waals surface area contributed by atoms with Crippen molar-refractivity contribution in [2.45, 2.75) is 32.3 Å². The van der Waals surface area contributed by atoms with Gasteiger partial charge in [0, 0.05) is 12.2 Å². The molecule has 1 saturated heterocycles. The van der Waals surface area contributed by atoms with Gasteiger partial charge in [-0.2, -0.15) is 11.8 Å². The lowest BCUT2D eigenvalue weighted by atomic mass is 9.70. The first-order valence-corrected chi connectivity index (χ1v) is 7.67. The minimum absolute atomic E-state index is 0.201. The summed E-state index contributed by atoms with van der Waals surface area (Å²) in [5.74, 6) is 1.58. The van der Waals surface area contributed by atoms with Crippen LogP contribution in [0.15, 0.2) is 18.2 Å². The van der Waals surface area contributed by atoms with Crippen LogP contribution in [0.3, 0.4) is 0 Å². The second-order valence-corrected chi connectivity index (χ2v) is 6.93. The fourth-order valence-corrected chi connectivity index (χ4v) is 4.08. The summed E-state index contributed by atoms with van der Waals surface area (Å²) in [5.41, 5.74) is -0.547. The normalized spacial score (nSPS) is 26.2. The number of thioether (sulfide) groups is 1. The Morgan fingerprint density at radius 1 is 1.42 bits per heavy atom. The summed E-state index contributed by atoms with van der Waals surface area (Å²) in [6.07, 6.45) is 1.27. The van der Waals surface area contributed by atoms with Gasteiger partial charge >= 0.3 is 0 Å². The van der Waals surface area contributed by atoms with Crippen LogP contribution in [0.1, 0.15) is 25.8 Å². The van der Waals surface area contributed by atoms with Crippen LogP contribution < -0.4 is 4.74 Å². The number of halogens is 1. The standard InChI is InChI=1S/C15H21FO2S/c1-14(2)7-8-19-10-15(14,17)9-11-5-4-6-12(18-3)13(11)16/h4-6,17H,7-10H2,1-3H3. The Hall–Kier alpha value is -0.740. The van der Waals surface area contributed by atoms with Gasteiger partial charge in [-0.3, -0.25) is 0 Å². The first kappa shape index (κ1) is 14.7. The molecule has 1 aliphatic heterocycles. The van der Waals surface area contributed by atoms with E-state index in [1.54, 1.807) is 30.0 Å². The topological polar surface area (TPSA) is 29.5 Å². The zero-order valence-electron chi connectivity index (χ0n) is 11.7. The van der Waals surface area contributed by atoms with Gasteiger partial charge in [-0.1, -0.05) is 26.0 Å². The number of benzene rings is 1. The summed E-state index contributed by atoms with van der Waals surface area (Å²) < 4.78 is 19.2. The van der Waals surface area contributed by atoms with E-state index in [9.17, 15) is 9.50 Å². The third kappa shape index (κ3) is 2.75. The van der Waals surface area contributed by atoms with Crippen LogP contribution in [0.4, 0.5) is 4.39 Å². The van der Waals surface area contributed by atoms with E-state index in [2.05, 4.69) is 13.8 Å². The Balaban J connectivity index is 2.29. The highest BCUT2D eigenvalue weighted by atomic mass is 32.2. The van der Waals surface area contributed by atoms with Gasteiger partial charge in [0.05, 0.1) is 12.7 Å². The maximum absolute atomic E-state index is 14.2.